The number of hydrogen-bond acceptors (Lipinski definition) is 4. The summed E-state index contributed by atoms with van der Waals surface area (Å²) < 4.78 is 1.08. The lowest BCUT2D eigenvalue weighted by Crippen LogP contribution is -2.47. The zero-order valence-electron chi connectivity index (χ0n) is 12.1. The molecule has 3 nitrogen and oxygen atoms in total. The molecule has 106 valence electrons. The van der Waals surface area contributed by atoms with Gasteiger partial charge in [-0.15, -0.1) is 11.3 Å². The molecule has 1 saturated heterocycles. The lowest BCUT2D eigenvalue weighted by atomic mass is 10.1. The molecule has 1 aliphatic rings. The van der Waals surface area contributed by atoms with Gasteiger partial charge in [0.05, 0.1) is 5.69 Å². The molecule has 4 heteroatoms. The second-order valence-electron chi connectivity index (χ2n) is 5.37. The van der Waals surface area contributed by atoms with Crippen molar-refractivity contribution in [1.29, 1.82) is 0 Å². The molecule has 2 aromatic rings. The molecule has 1 aromatic heterocycles. The summed E-state index contributed by atoms with van der Waals surface area (Å²) in [6.45, 7) is 9.32. The van der Waals surface area contributed by atoms with Crippen LogP contribution in [0.1, 0.15) is 12.5 Å². The number of fused-ring (bicyclic) bond motifs is 1. The summed E-state index contributed by atoms with van der Waals surface area (Å²) in [6.07, 6.45) is 0. The molecule has 0 amide bonds. The van der Waals surface area contributed by atoms with E-state index in [1.807, 2.05) is 18.4 Å². The third-order valence-electron chi connectivity index (χ3n) is 4.07. The van der Waals surface area contributed by atoms with Crippen molar-refractivity contribution < 1.29 is 0 Å². The summed E-state index contributed by atoms with van der Waals surface area (Å²) in [5.74, 6) is 0. The number of likely N-dealkylation sites (N-methyl/N-ethyl adjacent to an activating group) is 1. The fourth-order valence-corrected chi connectivity index (χ4v) is 3.68. The van der Waals surface area contributed by atoms with E-state index >= 15 is 0 Å². The minimum atomic E-state index is 0.187. The zero-order chi connectivity index (χ0) is 14.1. The third-order valence-corrected chi connectivity index (χ3v) is 5.02. The van der Waals surface area contributed by atoms with Gasteiger partial charge in [-0.2, -0.15) is 0 Å². The van der Waals surface area contributed by atoms with E-state index in [-0.39, 0.29) is 5.43 Å². The van der Waals surface area contributed by atoms with Crippen LogP contribution < -0.4 is 10.3 Å². The first kappa shape index (κ1) is 13.6. The summed E-state index contributed by atoms with van der Waals surface area (Å²) in [5.41, 5.74) is 2.21. The van der Waals surface area contributed by atoms with E-state index < -0.39 is 0 Å². The van der Waals surface area contributed by atoms with Crippen molar-refractivity contribution in [1.82, 2.24) is 4.90 Å². The Kier molecular flexibility index (Phi) is 3.76. The van der Waals surface area contributed by atoms with E-state index in [4.69, 9.17) is 0 Å². The molecule has 0 aliphatic carbocycles. The summed E-state index contributed by atoms with van der Waals surface area (Å²) in [7, 11) is 0. The Balaban J connectivity index is 1.96. The maximum atomic E-state index is 12.7. The molecule has 0 unspecified atom stereocenters. The van der Waals surface area contributed by atoms with Crippen LogP contribution in [-0.2, 0) is 0 Å². The van der Waals surface area contributed by atoms with Crippen LogP contribution in [0.25, 0.3) is 10.1 Å². The van der Waals surface area contributed by atoms with E-state index in [0.717, 1.165) is 54.1 Å². The Morgan fingerprint density at radius 1 is 1.20 bits per heavy atom. The summed E-state index contributed by atoms with van der Waals surface area (Å²) >= 11 is 1.67. The molecular formula is C16H20N2OS. The highest BCUT2D eigenvalue weighted by atomic mass is 32.1. The van der Waals surface area contributed by atoms with Crippen LogP contribution >= 0.6 is 11.3 Å². The molecule has 0 saturated carbocycles. The van der Waals surface area contributed by atoms with Crippen molar-refractivity contribution in [3.8, 4) is 0 Å². The smallest absolute Gasteiger partial charge is 0.211 e. The van der Waals surface area contributed by atoms with Crippen LogP contribution in [0.2, 0.25) is 0 Å². The van der Waals surface area contributed by atoms with Crippen molar-refractivity contribution in [2.75, 3.05) is 37.6 Å². The predicted octanol–water partition coefficient (Wildman–Crippen LogP) is 2.71. The first-order valence-electron chi connectivity index (χ1n) is 7.18. The summed E-state index contributed by atoms with van der Waals surface area (Å²) in [6, 6.07) is 6.13. The second kappa shape index (κ2) is 5.54. The van der Waals surface area contributed by atoms with Crippen LogP contribution in [0.4, 0.5) is 5.69 Å². The number of benzene rings is 1. The summed E-state index contributed by atoms with van der Waals surface area (Å²) in [5, 5.41) is 2.90. The maximum Gasteiger partial charge on any atom is 0.211 e. The quantitative estimate of drug-likeness (QED) is 0.849. The van der Waals surface area contributed by atoms with Crippen molar-refractivity contribution in [2.24, 2.45) is 0 Å². The predicted molar refractivity (Wildman–Crippen MR) is 87.2 cm³/mol. The van der Waals surface area contributed by atoms with Crippen LogP contribution in [0, 0.1) is 6.92 Å². The summed E-state index contributed by atoms with van der Waals surface area (Å²) in [4.78, 5) is 17.4. The minimum absolute atomic E-state index is 0.187. The van der Waals surface area contributed by atoms with E-state index in [0.29, 0.717) is 0 Å². The van der Waals surface area contributed by atoms with Crippen molar-refractivity contribution in [3.63, 3.8) is 0 Å². The minimum Gasteiger partial charge on any atom is -0.365 e. The van der Waals surface area contributed by atoms with Crippen LogP contribution in [-0.4, -0.2) is 37.6 Å². The molecule has 2 heterocycles. The molecule has 0 atom stereocenters. The van der Waals surface area contributed by atoms with Gasteiger partial charge in [0.25, 0.3) is 0 Å². The highest BCUT2D eigenvalue weighted by Gasteiger charge is 2.18. The van der Waals surface area contributed by atoms with E-state index in [2.05, 4.69) is 28.9 Å². The van der Waals surface area contributed by atoms with E-state index in [9.17, 15) is 4.79 Å². The highest BCUT2D eigenvalue weighted by molar-refractivity contribution is 7.16. The molecule has 0 radical (unpaired) electrons. The van der Waals surface area contributed by atoms with Gasteiger partial charge < -0.3 is 9.80 Å². The molecule has 0 N–H and O–H groups in total. The Morgan fingerprint density at radius 2 is 1.95 bits per heavy atom. The topological polar surface area (TPSA) is 23.6 Å². The molecule has 0 bridgehead atoms. The van der Waals surface area contributed by atoms with Crippen LogP contribution in [0.15, 0.2) is 28.4 Å². The number of nitrogens with zero attached hydrogens (tertiary/aromatic N) is 2. The number of hydrogen-bond donors (Lipinski definition) is 0. The normalized spacial score (nSPS) is 16.8. The molecule has 0 spiro atoms. The molecule has 1 aromatic carbocycles. The van der Waals surface area contributed by atoms with Gasteiger partial charge in [-0.25, -0.2) is 0 Å². The SMILES string of the molecule is CCN1CCN(c2csc3ccc(C)cc3c2=O)CC1. The first-order valence-corrected chi connectivity index (χ1v) is 8.06. The maximum absolute atomic E-state index is 12.7. The van der Waals surface area contributed by atoms with Gasteiger partial charge in [0.2, 0.25) is 5.43 Å². The molecular weight excluding hydrogens is 268 g/mol. The third kappa shape index (κ3) is 2.45. The molecule has 20 heavy (non-hydrogen) atoms. The van der Waals surface area contributed by atoms with Crippen molar-refractivity contribution >= 4 is 27.1 Å². The Bertz CT molecular complexity index is 672. The lowest BCUT2D eigenvalue weighted by molar-refractivity contribution is 0.271. The van der Waals surface area contributed by atoms with Gasteiger partial charge in [-0.05, 0) is 25.6 Å². The highest BCUT2D eigenvalue weighted by Crippen LogP contribution is 2.23. The average Bonchev–Trinajstić information content (AvgIpc) is 2.48. The average molecular weight is 288 g/mol. The fraction of sp³-hybridized carbons (Fsp3) is 0.438. The molecule has 1 aliphatic heterocycles. The van der Waals surface area contributed by atoms with Crippen LogP contribution in [0.5, 0.6) is 0 Å². The van der Waals surface area contributed by atoms with Crippen LogP contribution in [0.3, 0.4) is 0 Å². The van der Waals surface area contributed by atoms with Crippen molar-refractivity contribution in [2.45, 2.75) is 13.8 Å². The lowest BCUT2D eigenvalue weighted by Gasteiger charge is -2.35. The number of piperazine rings is 1. The number of rotatable bonds is 2. The van der Waals surface area contributed by atoms with Gasteiger partial charge in [0.1, 0.15) is 0 Å². The number of aryl methyl sites for hydroxylation is 1. The fourth-order valence-electron chi connectivity index (χ4n) is 2.76. The number of anilines is 1. The van der Waals surface area contributed by atoms with Gasteiger partial charge in [-0.1, -0.05) is 18.6 Å². The monoisotopic (exact) mass is 288 g/mol. The first-order chi connectivity index (χ1) is 9.69. The van der Waals surface area contributed by atoms with Gasteiger partial charge >= 0.3 is 0 Å². The Labute approximate surface area is 123 Å². The van der Waals surface area contributed by atoms with Crippen molar-refractivity contribution in [3.05, 3.63) is 39.4 Å². The largest absolute Gasteiger partial charge is 0.365 e. The second-order valence-corrected chi connectivity index (χ2v) is 6.28. The van der Waals surface area contributed by atoms with Gasteiger partial charge in [0, 0.05) is 41.6 Å². The van der Waals surface area contributed by atoms with E-state index in [1.54, 1.807) is 11.3 Å². The molecule has 3 rings (SSSR count). The Morgan fingerprint density at radius 3 is 2.65 bits per heavy atom. The van der Waals surface area contributed by atoms with Gasteiger partial charge in [0.15, 0.2) is 0 Å². The van der Waals surface area contributed by atoms with E-state index in [1.165, 1.54) is 0 Å². The molecule has 1 fully saturated rings. The standard InChI is InChI=1S/C16H20N2OS/c1-3-17-6-8-18(9-7-17)14-11-20-15-5-4-12(2)10-13(15)16(14)19/h4-5,10-11H,3,6-9H2,1-2H3. The van der Waals surface area contributed by atoms with Gasteiger partial charge in [-0.3, -0.25) is 4.79 Å². The Hall–Kier alpha value is -1.39. The zero-order valence-corrected chi connectivity index (χ0v) is 12.9.